The monoisotopic (exact) mass is 385 g/mol. The van der Waals surface area contributed by atoms with Crippen LogP contribution in [0.25, 0.3) is 11.3 Å². The van der Waals surface area contributed by atoms with Gasteiger partial charge >= 0.3 is 0 Å². The van der Waals surface area contributed by atoms with Crippen LogP contribution in [-0.2, 0) is 5.75 Å². The number of rotatable bonds is 4. The number of halogens is 1. The van der Waals surface area contributed by atoms with Crippen LogP contribution in [0, 0.1) is 3.57 Å². The fourth-order valence-corrected chi connectivity index (χ4v) is 2.77. The van der Waals surface area contributed by atoms with Gasteiger partial charge in [0.2, 0.25) is 0 Å². The highest BCUT2D eigenvalue weighted by Crippen LogP contribution is 2.27. The maximum Gasteiger partial charge on any atom is 0.141 e. The van der Waals surface area contributed by atoms with E-state index in [1.165, 1.54) is 0 Å². The lowest BCUT2D eigenvalue weighted by Gasteiger charge is -2.10. The van der Waals surface area contributed by atoms with Crippen LogP contribution in [0.15, 0.2) is 30.3 Å². The minimum Gasteiger partial charge on any atom is -0.383 e. The third-order valence-corrected chi connectivity index (χ3v) is 4.67. The minimum atomic E-state index is 0.560. The van der Waals surface area contributed by atoms with E-state index in [1.807, 2.05) is 42.1 Å². The van der Waals surface area contributed by atoms with Crippen LogP contribution >= 0.6 is 34.4 Å². The highest BCUT2D eigenvalue weighted by atomic mass is 127. The predicted octanol–water partition coefficient (Wildman–Crippen LogP) is 3.97. The molecule has 0 aliphatic heterocycles. The number of aromatic nitrogens is 2. The number of nitrogens with two attached hydrogens (primary N) is 1. The van der Waals surface area contributed by atoms with Gasteiger partial charge in [0.15, 0.2) is 0 Å². The van der Waals surface area contributed by atoms with E-state index in [1.54, 1.807) is 0 Å². The Labute approximate surface area is 131 Å². The number of nitrogens with zero attached hydrogens (tertiary/aromatic N) is 2. The Morgan fingerprint density at radius 2 is 1.89 bits per heavy atom. The van der Waals surface area contributed by atoms with E-state index in [0.717, 1.165) is 26.4 Å². The molecule has 1 heterocycles. The molecule has 0 atom stereocenters. The maximum absolute atomic E-state index is 6.00. The molecule has 2 rings (SSSR count). The zero-order valence-corrected chi connectivity index (χ0v) is 13.9. The van der Waals surface area contributed by atoms with Crippen molar-refractivity contribution in [1.29, 1.82) is 0 Å². The fourth-order valence-electron chi connectivity index (χ4n) is 1.61. The Kier molecular flexibility index (Phi) is 5.04. The zero-order valence-electron chi connectivity index (χ0n) is 10.9. The van der Waals surface area contributed by atoms with Crippen molar-refractivity contribution >= 4 is 40.2 Å². The molecule has 2 N–H and O–H groups in total. The van der Waals surface area contributed by atoms with Crippen molar-refractivity contribution in [3.8, 4) is 11.3 Å². The number of hydrogen-bond donors (Lipinski definition) is 1. The molecule has 0 aliphatic rings. The molecule has 0 bridgehead atoms. The van der Waals surface area contributed by atoms with Crippen LogP contribution in [0.1, 0.15) is 19.7 Å². The molecular weight excluding hydrogens is 369 g/mol. The Morgan fingerprint density at radius 1 is 1.21 bits per heavy atom. The second kappa shape index (κ2) is 6.56. The molecule has 1 aromatic carbocycles. The summed E-state index contributed by atoms with van der Waals surface area (Å²) >= 11 is 4.03. The van der Waals surface area contributed by atoms with Crippen LogP contribution in [0.3, 0.4) is 0 Å². The lowest BCUT2D eigenvalue weighted by Crippen LogP contribution is -2.05. The molecule has 0 fully saturated rings. The normalized spacial score (nSPS) is 10.9. The average molecular weight is 385 g/mol. The average Bonchev–Trinajstić information content (AvgIpc) is 2.41. The smallest absolute Gasteiger partial charge is 0.141 e. The molecule has 1 aromatic heterocycles. The van der Waals surface area contributed by atoms with E-state index < -0.39 is 0 Å². The van der Waals surface area contributed by atoms with Crippen molar-refractivity contribution in [2.45, 2.75) is 24.9 Å². The van der Waals surface area contributed by atoms with Gasteiger partial charge in [-0.15, -0.1) is 0 Å². The second-order valence-corrected chi connectivity index (χ2v) is 7.06. The Hall–Kier alpha value is -0.820. The summed E-state index contributed by atoms with van der Waals surface area (Å²) in [7, 11) is 0. The predicted molar refractivity (Wildman–Crippen MR) is 91.0 cm³/mol. The summed E-state index contributed by atoms with van der Waals surface area (Å²) in [6.07, 6.45) is 0. The van der Waals surface area contributed by atoms with E-state index >= 15 is 0 Å². The first-order valence-corrected chi connectivity index (χ1v) is 8.19. The van der Waals surface area contributed by atoms with Crippen molar-refractivity contribution in [3.05, 3.63) is 39.7 Å². The Balaban J connectivity index is 2.38. The lowest BCUT2D eigenvalue weighted by atomic mass is 10.1. The first-order chi connectivity index (χ1) is 9.08. The quantitative estimate of drug-likeness (QED) is 0.810. The summed E-state index contributed by atoms with van der Waals surface area (Å²) in [6.45, 7) is 4.33. The number of nitrogen functional groups attached to an aromatic ring is 1. The molecule has 0 aliphatic carbocycles. The number of thioether (sulfide) groups is 1. The van der Waals surface area contributed by atoms with Gasteiger partial charge in [0.1, 0.15) is 11.6 Å². The van der Waals surface area contributed by atoms with E-state index in [0.29, 0.717) is 11.1 Å². The molecule has 0 radical (unpaired) electrons. The van der Waals surface area contributed by atoms with E-state index in [4.69, 9.17) is 5.73 Å². The first kappa shape index (κ1) is 14.6. The van der Waals surface area contributed by atoms with Crippen molar-refractivity contribution < 1.29 is 0 Å². The third-order valence-electron chi connectivity index (χ3n) is 2.52. The number of hydrogen-bond acceptors (Lipinski definition) is 4. The van der Waals surface area contributed by atoms with Crippen LogP contribution in [0.2, 0.25) is 0 Å². The molecule has 3 nitrogen and oxygen atoms in total. The van der Waals surface area contributed by atoms with Gasteiger partial charge in [-0.3, -0.25) is 0 Å². The zero-order chi connectivity index (χ0) is 13.8. The van der Waals surface area contributed by atoms with Gasteiger partial charge < -0.3 is 5.73 Å². The summed E-state index contributed by atoms with van der Waals surface area (Å²) in [6, 6.07) is 10.1. The highest BCUT2D eigenvalue weighted by molar-refractivity contribution is 14.1. The molecule has 5 heteroatoms. The topological polar surface area (TPSA) is 51.8 Å². The van der Waals surface area contributed by atoms with Crippen molar-refractivity contribution in [2.75, 3.05) is 5.73 Å². The minimum absolute atomic E-state index is 0.560. The van der Waals surface area contributed by atoms with Gasteiger partial charge in [-0.2, -0.15) is 11.8 Å². The SMILES string of the molecule is CC(C)SCc1nc(N)c(I)c(-c2ccccc2)n1. The maximum atomic E-state index is 6.00. The van der Waals surface area contributed by atoms with Gasteiger partial charge in [0, 0.05) is 5.56 Å². The van der Waals surface area contributed by atoms with Gasteiger partial charge in [0.25, 0.3) is 0 Å². The molecule has 19 heavy (non-hydrogen) atoms. The summed E-state index contributed by atoms with van der Waals surface area (Å²) < 4.78 is 0.919. The standard InChI is InChI=1S/C14H16IN3S/c1-9(2)19-8-11-17-13(12(15)14(16)18-11)10-6-4-3-5-7-10/h3-7,9H,8H2,1-2H3,(H2,16,17,18). The molecule has 2 aromatic rings. The summed E-state index contributed by atoms with van der Waals surface area (Å²) in [5, 5.41) is 0.560. The van der Waals surface area contributed by atoms with E-state index in [9.17, 15) is 0 Å². The summed E-state index contributed by atoms with van der Waals surface area (Å²) in [5.41, 5.74) is 8.00. The largest absolute Gasteiger partial charge is 0.383 e. The summed E-state index contributed by atoms with van der Waals surface area (Å²) in [4.78, 5) is 9.03. The fraction of sp³-hybridized carbons (Fsp3) is 0.286. The van der Waals surface area contributed by atoms with E-state index in [2.05, 4.69) is 46.4 Å². The van der Waals surface area contributed by atoms with Crippen LogP contribution in [0.4, 0.5) is 5.82 Å². The molecular formula is C14H16IN3S. The van der Waals surface area contributed by atoms with Gasteiger partial charge in [-0.25, -0.2) is 9.97 Å². The van der Waals surface area contributed by atoms with Crippen molar-refractivity contribution in [1.82, 2.24) is 9.97 Å². The van der Waals surface area contributed by atoms with Crippen LogP contribution in [-0.4, -0.2) is 15.2 Å². The molecule has 0 saturated heterocycles. The van der Waals surface area contributed by atoms with Gasteiger partial charge in [-0.05, 0) is 27.8 Å². The Morgan fingerprint density at radius 3 is 2.53 bits per heavy atom. The van der Waals surface area contributed by atoms with Gasteiger partial charge in [0.05, 0.1) is 15.0 Å². The van der Waals surface area contributed by atoms with Crippen molar-refractivity contribution in [2.24, 2.45) is 0 Å². The Bertz CT molecular complexity index is 558. The van der Waals surface area contributed by atoms with Crippen LogP contribution in [0.5, 0.6) is 0 Å². The third kappa shape index (κ3) is 3.82. The molecule has 0 saturated carbocycles. The van der Waals surface area contributed by atoms with Gasteiger partial charge in [-0.1, -0.05) is 44.2 Å². The number of benzene rings is 1. The molecule has 0 amide bonds. The summed E-state index contributed by atoms with van der Waals surface area (Å²) in [5.74, 6) is 2.16. The highest BCUT2D eigenvalue weighted by Gasteiger charge is 2.12. The van der Waals surface area contributed by atoms with Crippen molar-refractivity contribution in [3.63, 3.8) is 0 Å². The number of anilines is 1. The molecule has 100 valence electrons. The molecule has 0 unspecified atom stereocenters. The lowest BCUT2D eigenvalue weighted by molar-refractivity contribution is 1.02. The second-order valence-electron chi connectivity index (χ2n) is 4.41. The van der Waals surface area contributed by atoms with E-state index in [-0.39, 0.29) is 0 Å². The molecule has 0 spiro atoms. The van der Waals surface area contributed by atoms with Crippen LogP contribution < -0.4 is 5.73 Å². The first-order valence-electron chi connectivity index (χ1n) is 6.07.